The van der Waals surface area contributed by atoms with Gasteiger partial charge in [0.2, 0.25) is 5.91 Å². The standard InChI is InChI=1S/C22H26ClN3O3/c1-29-20-8-6-17(7-9-20)16-25-10-3-11-26(13-12-25)21(27)15-24-22(28)18-4-2-5-19(23)14-18/h2,4-9,14H,3,10-13,15-16H2,1H3,(H,24,28). The second-order valence-electron chi connectivity index (χ2n) is 7.05. The summed E-state index contributed by atoms with van der Waals surface area (Å²) in [5.74, 6) is 0.490. The van der Waals surface area contributed by atoms with Gasteiger partial charge in [-0.1, -0.05) is 29.8 Å². The number of halogens is 1. The Balaban J connectivity index is 1.46. The van der Waals surface area contributed by atoms with Crippen LogP contribution in [0, 0.1) is 0 Å². The number of benzene rings is 2. The molecule has 1 saturated heterocycles. The number of nitrogens with zero attached hydrogens (tertiary/aromatic N) is 2. The monoisotopic (exact) mass is 415 g/mol. The number of methoxy groups -OCH3 is 1. The normalized spacial score (nSPS) is 14.9. The average Bonchev–Trinajstić information content (AvgIpc) is 2.98. The van der Waals surface area contributed by atoms with E-state index < -0.39 is 0 Å². The molecule has 0 saturated carbocycles. The van der Waals surface area contributed by atoms with E-state index >= 15 is 0 Å². The van der Waals surface area contributed by atoms with Gasteiger partial charge in [-0.2, -0.15) is 0 Å². The summed E-state index contributed by atoms with van der Waals surface area (Å²) in [5, 5.41) is 3.19. The van der Waals surface area contributed by atoms with Crippen LogP contribution in [0.2, 0.25) is 5.02 Å². The lowest BCUT2D eigenvalue weighted by Gasteiger charge is -2.22. The maximum Gasteiger partial charge on any atom is 0.251 e. The highest BCUT2D eigenvalue weighted by Crippen LogP contribution is 2.14. The molecule has 0 atom stereocenters. The van der Waals surface area contributed by atoms with Gasteiger partial charge in [-0.15, -0.1) is 0 Å². The zero-order valence-electron chi connectivity index (χ0n) is 16.6. The van der Waals surface area contributed by atoms with Crippen molar-refractivity contribution in [2.75, 3.05) is 39.8 Å². The van der Waals surface area contributed by atoms with E-state index in [1.807, 2.05) is 17.0 Å². The fourth-order valence-corrected chi connectivity index (χ4v) is 3.56. The molecular formula is C22H26ClN3O3. The topological polar surface area (TPSA) is 61.9 Å². The Kier molecular flexibility index (Phi) is 7.49. The van der Waals surface area contributed by atoms with Crippen molar-refractivity contribution < 1.29 is 14.3 Å². The molecule has 2 amide bonds. The molecule has 0 radical (unpaired) electrons. The van der Waals surface area contributed by atoms with Crippen LogP contribution in [0.15, 0.2) is 48.5 Å². The summed E-state index contributed by atoms with van der Waals surface area (Å²) in [6.07, 6.45) is 0.907. The van der Waals surface area contributed by atoms with Crippen molar-refractivity contribution in [3.63, 3.8) is 0 Å². The smallest absolute Gasteiger partial charge is 0.251 e. The minimum atomic E-state index is -0.295. The molecule has 2 aromatic rings. The molecule has 0 aromatic heterocycles. The van der Waals surface area contributed by atoms with Gasteiger partial charge < -0.3 is 15.0 Å². The summed E-state index contributed by atoms with van der Waals surface area (Å²) in [6.45, 7) is 3.93. The molecule has 1 aliphatic heterocycles. The van der Waals surface area contributed by atoms with Crippen LogP contribution in [-0.2, 0) is 11.3 Å². The Morgan fingerprint density at radius 3 is 2.59 bits per heavy atom. The highest BCUT2D eigenvalue weighted by molar-refractivity contribution is 6.30. The zero-order chi connectivity index (χ0) is 20.6. The van der Waals surface area contributed by atoms with Gasteiger partial charge in [0.15, 0.2) is 0 Å². The van der Waals surface area contributed by atoms with E-state index in [0.717, 1.165) is 31.8 Å². The van der Waals surface area contributed by atoms with Crippen LogP contribution < -0.4 is 10.1 Å². The van der Waals surface area contributed by atoms with Crippen LogP contribution in [0.4, 0.5) is 0 Å². The van der Waals surface area contributed by atoms with Gasteiger partial charge >= 0.3 is 0 Å². The van der Waals surface area contributed by atoms with Crippen LogP contribution >= 0.6 is 11.6 Å². The molecule has 1 N–H and O–H groups in total. The molecule has 7 heteroatoms. The number of rotatable bonds is 6. The summed E-state index contributed by atoms with van der Waals surface area (Å²) < 4.78 is 5.20. The van der Waals surface area contributed by atoms with Gasteiger partial charge in [0.25, 0.3) is 5.91 Å². The van der Waals surface area contributed by atoms with Gasteiger partial charge in [0.1, 0.15) is 5.75 Å². The number of ether oxygens (including phenoxy) is 1. The number of hydrogen-bond donors (Lipinski definition) is 1. The van der Waals surface area contributed by atoms with Crippen molar-refractivity contribution >= 4 is 23.4 Å². The lowest BCUT2D eigenvalue weighted by Crippen LogP contribution is -2.42. The molecule has 0 aliphatic carbocycles. The quantitative estimate of drug-likeness (QED) is 0.788. The van der Waals surface area contributed by atoms with E-state index in [0.29, 0.717) is 23.7 Å². The summed E-state index contributed by atoms with van der Waals surface area (Å²) in [4.78, 5) is 28.9. The second kappa shape index (κ2) is 10.3. The van der Waals surface area contributed by atoms with Crippen LogP contribution in [0.1, 0.15) is 22.3 Å². The van der Waals surface area contributed by atoms with Gasteiger partial charge in [-0.05, 0) is 42.3 Å². The lowest BCUT2D eigenvalue weighted by atomic mass is 10.2. The molecule has 2 aromatic carbocycles. The average molecular weight is 416 g/mol. The van der Waals surface area contributed by atoms with Crippen molar-refractivity contribution in [1.29, 1.82) is 0 Å². The molecule has 1 aliphatic rings. The van der Waals surface area contributed by atoms with E-state index in [1.165, 1.54) is 5.56 Å². The molecule has 0 spiro atoms. The van der Waals surface area contributed by atoms with E-state index in [-0.39, 0.29) is 18.4 Å². The third-order valence-electron chi connectivity index (χ3n) is 4.99. The molecule has 3 rings (SSSR count). The van der Waals surface area contributed by atoms with Crippen LogP contribution in [0.3, 0.4) is 0 Å². The third-order valence-corrected chi connectivity index (χ3v) is 5.23. The second-order valence-corrected chi connectivity index (χ2v) is 7.49. The SMILES string of the molecule is COc1ccc(CN2CCCN(C(=O)CNC(=O)c3cccc(Cl)c3)CC2)cc1. The third kappa shape index (κ3) is 6.21. The van der Waals surface area contributed by atoms with Crippen LogP contribution in [0.5, 0.6) is 5.75 Å². The Bertz CT molecular complexity index is 841. The minimum Gasteiger partial charge on any atom is -0.497 e. The Morgan fingerprint density at radius 2 is 1.86 bits per heavy atom. The van der Waals surface area contributed by atoms with Gasteiger partial charge in [-0.25, -0.2) is 0 Å². The first-order chi connectivity index (χ1) is 14.0. The van der Waals surface area contributed by atoms with E-state index in [4.69, 9.17) is 16.3 Å². The maximum atomic E-state index is 12.5. The first kappa shape index (κ1) is 21.1. The van der Waals surface area contributed by atoms with E-state index in [1.54, 1.807) is 31.4 Å². The first-order valence-electron chi connectivity index (χ1n) is 9.72. The molecule has 0 unspecified atom stereocenters. The number of hydrogen-bond acceptors (Lipinski definition) is 4. The fraction of sp³-hybridized carbons (Fsp3) is 0.364. The molecule has 0 bridgehead atoms. The molecule has 29 heavy (non-hydrogen) atoms. The molecule has 6 nitrogen and oxygen atoms in total. The Morgan fingerprint density at radius 1 is 1.07 bits per heavy atom. The molecule has 1 heterocycles. The highest BCUT2D eigenvalue weighted by atomic mass is 35.5. The van der Waals surface area contributed by atoms with Crippen molar-refractivity contribution in [3.05, 3.63) is 64.7 Å². The van der Waals surface area contributed by atoms with Crippen LogP contribution in [-0.4, -0.2) is 61.4 Å². The predicted molar refractivity (Wildman–Crippen MR) is 113 cm³/mol. The highest BCUT2D eigenvalue weighted by Gasteiger charge is 2.20. The van der Waals surface area contributed by atoms with Gasteiger partial charge in [-0.3, -0.25) is 14.5 Å². The summed E-state index contributed by atoms with van der Waals surface area (Å²) in [6, 6.07) is 14.7. The minimum absolute atomic E-state index is 0.0101. The molecule has 1 fully saturated rings. The number of carbonyl (C=O) groups excluding carboxylic acids is 2. The Labute approximate surface area is 176 Å². The maximum absolute atomic E-state index is 12.5. The number of carbonyl (C=O) groups is 2. The van der Waals surface area contributed by atoms with Gasteiger partial charge in [0, 0.05) is 43.3 Å². The Hall–Kier alpha value is -2.57. The largest absolute Gasteiger partial charge is 0.497 e. The number of nitrogens with one attached hydrogen (secondary N) is 1. The predicted octanol–water partition coefficient (Wildman–Crippen LogP) is 2.81. The van der Waals surface area contributed by atoms with Gasteiger partial charge in [0.05, 0.1) is 13.7 Å². The van der Waals surface area contributed by atoms with Crippen molar-refractivity contribution in [3.8, 4) is 5.75 Å². The fourth-order valence-electron chi connectivity index (χ4n) is 3.37. The molecular weight excluding hydrogens is 390 g/mol. The van der Waals surface area contributed by atoms with E-state index in [9.17, 15) is 9.59 Å². The summed E-state index contributed by atoms with van der Waals surface area (Å²) >= 11 is 5.91. The number of amides is 2. The van der Waals surface area contributed by atoms with Crippen LogP contribution in [0.25, 0.3) is 0 Å². The van der Waals surface area contributed by atoms with Crippen molar-refractivity contribution in [2.24, 2.45) is 0 Å². The lowest BCUT2D eigenvalue weighted by molar-refractivity contribution is -0.130. The van der Waals surface area contributed by atoms with Crippen molar-refractivity contribution in [1.82, 2.24) is 15.1 Å². The first-order valence-corrected chi connectivity index (χ1v) is 10.1. The van der Waals surface area contributed by atoms with Crippen molar-refractivity contribution in [2.45, 2.75) is 13.0 Å². The molecule has 154 valence electrons. The summed E-state index contributed by atoms with van der Waals surface area (Å²) in [5.41, 5.74) is 1.67. The summed E-state index contributed by atoms with van der Waals surface area (Å²) in [7, 11) is 1.66. The van der Waals surface area contributed by atoms with E-state index in [2.05, 4.69) is 22.3 Å². The zero-order valence-corrected chi connectivity index (χ0v) is 17.3.